The number of hydrogen-bond donors (Lipinski definition) is 2. The van der Waals surface area contributed by atoms with Crippen molar-refractivity contribution in [1.82, 2.24) is 15.2 Å². The van der Waals surface area contributed by atoms with Gasteiger partial charge in [-0.25, -0.2) is 0 Å². The Morgan fingerprint density at radius 1 is 1.08 bits per heavy atom. The van der Waals surface area contributed by atoms with Crippen LogP contribution in [0.2, 0.25) is 5.02 Å². The fraction of sp³-hybridized carbons (Fsp3) is 0.368. The van der Waals surface area contributed by atoms with Crippen molar-refractivity contribution in [2.75, 3.05) is 20.1 Å². The van der Waals surface area contributed by atoms with Gasteiger partial charge in [0.15, 0.2) is 5.96 Å². The van der Waals surface area contributed by atoms with E-state index < -0.39 is 0 Å². The van der Waals surface area contributed by atoms with Crippen molar-refractivity contribution in [3.05, 3.63) is 69.6 Å². The molecule has 0 aliphatic heterocycles. The Labute approximate surface area is 153 Å². The smallest absolute Gasteiger partial charge is 0.250 e. The Morgan fingerprint density at radius 2 is 1.84 bits per heavy atom. The van der Waals surface area contributed by atoms with Crippen LogP contribution in [0.15, 0.2) is 58.4 Å². The second-order valence-corrected chi connectivity index (χ2v) is 6.18. The molecule has 1 aromatic heterocycles. The first-order valence-electron chi connectivity index (χ1n) is 8.53. The number of hydrogen-bond acceptors (Lipinski definition) is 2. The maximum Gasteiger partial charge on any atom is 0.250 e. The molecular formula is C19H25ClN4O. The molecule has 0 fully saturated rings. The van der Waals surface area contributed by atoms with Gasteiger partial charge in [0.2, 0.25) is 5.56 Å². The van der Waals surface area contributed by atoms with Crippen LogP contribution in [0.4, 0.5) is 0 Å². The van der Waals surface area contributed by atoms with E-state index in [4.69, 9.17) is 11.6 Å². The van der Waals surface area contributed by atoms with Gasteiger partial charge in [0.1, 0.15) is 0 Å². The third-order valence-corrected chi connectivity index (χ3v) is 4.11. The van der Waals surface area contributed by atoms with E-state index in [1.54, 1.807) is 23.7 Å². The van der Waals surface area contributed by atoms with E-state index in [0.29, 0.717) is 0 Å². The number of guanidine groups is 1. The number of aryl methyl sites for hydroxylation is 1. The second kappa shape index (κ2) is 10.6. The van der Waals surface area contributed by atoms with Gasteiger partial charge >= 0.3 is 0 Å². The van der Waals surface area contributed by atoms with Crippen LogP contribution in [0, 0.1) is 0 Å². The molecule has 25 heavy (non-hydrogen) atoms. The lowest BCUT2D eigenvalue weighted by atomic mass is 10.1. The topological polar surface area (TPSA) is 58.4 Å². The predicted molar refractivity (Wildman–Crippen MR) is 104 cm³/mol. The van der Waals surface area contributed by atoms with Gasteiger partial charge in [-0.15, -0.1) is 0 Å². The standard InChI is InChI=1S/C19H25ClN4O/c1-21-19(23-13-11-16-7-9-17(20)10-8-16)22-12-3-5-15-24-14-4-2-6-18(24)25/h2,4,6-10,14H,3,5,11-13,15H2,1H3,(H2,21,22,23). The fourth-order valence-electron chi connectivity index (χ4n) is 2.46. The summed E-state index contributed by atoms with van der Waals surface area (Å²) in [7, 11) is 1.77. The first-order valence-corrected chi connectivity index (χ1v) is 8.91. The highest BCUT2D eigenvalue weighted by atomic mass is 35.5. The normalized spacial score (nSPS) is 11.4. The number of pyridine rings is 1. The van der Waals surface area contributed by atoms with Gasteiger partial charge < -0.3 is 15.2 Å². The summed E-state index contributed by atoms with van der Waals surface area (Å²) in [5.41, 5.74) is 1.29. The molecule has 0 saturated carbocycles. The molecule has 0 bridgehead atoms. The lowest BCUT2D eigenvalue weighted by Gasteiger charge is -2.12. The van der Waals surface area contributed by atoms with E-state index in [1.165, 1.54) is 5.56 Å². The van der Waals surface area contributed by atoms with Gasteiger partial charge in [0, 0.05) is 44.0 Å². The molecular weight excluding hydrogens is 336 g/mol. The molecule has 0 aliphatic carbocycles. The van der Waals surface area contributed by atoms with Gasteiger partial charge in [0.05, 0.1) is 0 Å². The predicted octanol–water partition coefficient (Wildman–Crippen LogP) is 2.69. The van der Waals surface area contributed by atoms with Crippen LogP contribution in [0.25, 0.3) is 0 Å². The Balaban J connectivity index is 1.61. The van der Waals surface area contributed by atoms with E-state index in [1.807, 2.05) is 36.5 Å². The summed E-state index contributed by atoms with van der Waals surface area (Å²) in [5.74, 6) is 0.797. The molecule has 0 atom stereocenters. The number of aliphatic imine (C=N–C) groups is 1. The van der Waals surface area contributed by atoms with Gasteiger partial charge in [-0.1, -0.05) is 29.8 Å². The van der Waals surface area contributed by atoms with Gasteiger partial charge in [-0.3, -0.25) is 9.79 Å². The second-order valence-electron chi connectivity index (χ2n) is 5.74. The number of halogens is 1. The monoisotopic (exact) mass is 360 g/mol. The van der Waals surface area contributed by atoms with Crippen LogP contribution < -0.4 is 16.2 Å². The van der Waals surface area contributed by atoms with Crippen LogP contribution in [0.3, 0.4) is 0 Å². The van der Waals surface area contributed by atoms with Gasteiger partial charge in [0.25, 0.3) is 0 Å². The summed E-state index contributed by atoms with van der Waals surface area (Å²) in [6, 6.07) is 13.1. The highest BCUT2D eigenvalue weighted by molar-refractivity contribution is 6.30. The molecule has 2 rings (SSSR count). The average Bonchev–Trinajstić information content (AvgIpc) is 2.63. The molecule has 0 unspecified atom stereocenters. The average molecular weight is 361 g/mol. The maximum atomic E-state index is 11.6. The Hall–Kier alpha value is -2.27. The minimum absolute atomic E-state index is 0.0511. The Bertz CT molecular complexity index is 725. The quantitative estimate of drug-likeness (QED) is 0.432. The van der Waals surface area contributed by atoms with Crippen molar-refractivity contribution in [1.29, 1.82) is 0 Å². The summed E-state index contributed by atoms with van der Waals surface area (Å²) in [4.78, 5) is 15.8. The van der Waals surface area contributed by atoms with Crippen LogP contribution in [0.5, 0.6) is 0 Å². The number of unbranched alkanes of at least 4 members (excludes halogenated alkanes) is 1. The molecule has 1 aromatic carbocycles. The van der Waals surface area contributed by atoms with E-state index in [9.17, 15) is 4.79 Å². The zero-order valence-corrected chi connectivity index (χ0v) is 15.3. The Kier molecular flexibility index (Phi) is 8.05. The molecule has 5 nitrogen and oxygen atoms in total. The minimum Gasteiger partial charge on any atom is -0.356 e. The molecule has 134 valence electrons. The number of nitrogens with one attached hydrogen (secondary N) is 2. The third-order valence-electron chi connectivity index (χ3n) is 3.86. The van der Waals surface area contributed by atoms with Crippen molar-refractivity contribution < 1.29 is 0 Å². The highest BCUT2D eigenvalue weighted by Gasteiger charge is 1.99. The fourth-order valence-corrected chi connectivity index (χ4v) is 2.58. The third kappa shape index (κ3) is 7.01. The van der Waals surface area contributed by atoms with E-state index in [2.05, 4.69) is 15.6 Å². The largest absolute Gasteiger partial charge is 0.356 e. The summed E-state index contributed by atoms with van der Waals surface area (Å²) in [6.07, 6.45) is 4.65. The molecule has 2 N–H and O–H groups in total. The lowest BCUT2D eigenvalue weighted by molar-refractivity contribution is 0.585. The summed E-state index contributed by atoms with van der Waals surface area (Å²) in [5, 5.41) is 7.35. The zero-order chi connectivity index (χ0) is 17.9. The van der Waals surface area contributed by atoms with E-state index in [0.717, 1.165) is 49.9 Å². The van der Waals surface area contributed by atoms with Crippen molar-refractivity contribution >= 4 is 17.6 Å². The maximum absolute atomic E-state index is 11.6. The molecule has 1 heterocycles. The van der Waals surface area contributed by atoms with Crippen LogP contribution >= 0.6 is 11.6 Å². The van der Waals surface area contributed by atoms with Crippen molar-refractivity contribution in [2.24, 2.45) is 4.99 Å². The molecule has 0 amide bonds. The van der Waals surface area contributed by atoms with Crippen LogP contribution in [-0.2, 0) is 13.0 Å². The zero-order valence-electron chi connectivity index (χ0n) is 14.5. The van der Waals surface area contributed by atoms with Crippen LogP contribution in [-0.4, -0.2) is 30.7 Å². The summed E-state index contributed by atoms with van der Waals surface area (Å²) < 4.78 is 1.74. The first kappa shape index (κ1) is 19.1. The van der Waals surface area contributed by atoms with Gasteiger partial charge in [-0.05, 0) is 43.0 Å². The van der Waals surface area contributed by atoms with Crippen LogP contribution in [0.1, 0.15) is 18.4 Å². The van der Waals surface area contributed by atoms with Crippen molar-refractivity contribution in [2.45, 2.75) is 25.8 Å². The SMILES string of the molecule is CN=C(NCCCCn1ccccc1=O)NCCc1ccc(Cl)cc1. The van der Waals surface area contributed by atoms with E-state index in [-0.39, 0.29) is 5.56 Å². The first-order chi connectivity index (χ1) is 12.2. The number of aromatic nitrogens is 1. The number of benzene rings is 1. The molecule has 6 heteroatoms. The lowest BCUT2D eigenvalue weighted by Crippen LogP contribution is -2.38. The number of nitrogens with zero attached hydrogens (tertiary/aromatic N) is 2. The Morgan fingerprint density at radius 3 is 2.56 bits per heavy atom. The minimum atomic E-state index is 0.0511. The molecule has 0 spiro atoms. The van der Waals surface area contributed by atoms with Gasteiger partial charge in [-0.2, -0.15) is 0 Å². The molecule has 2 aromatic rings. The number of rotatable bonds is 8. The highest BCUT2D eigenvalue weighted by Crippen LogP contribution is 2.09. The molecule has 0 radical (unpaired) electrons. The molecule has 0 aliphatic rings. The van der Waals surface area contributed by atoms with Crippen molar-refractivity contribution in [3.8, 4) is 0 Å². The summed E-state index contributed by atoms with van der Waals surface area (Å²) >= 11 is 5.89. The molecule has 0 saturated heterocycles. The van der Waals surface area contributed by atoms with Crippen molar-refractivity contribution in [3.63, 3.8) is 0 Å². The van der Waals surface area contributed by atoms with E-state index >= 15 is 0 Å². The summed E-state index contributed by atoms with van der Waals surface area (Å²) in [6.45, 7) is 2.37.